The molecule has 2 unspecified atom stereocenters. The van der Waals surface area contributed by atoms with E-state index >= 15 is 0 Å². The first-order valence-corrected chi connectivity index (χ1v) is 7.95. The summed E-state index contributed by atoms with van der Waals surface area (Å²) >= 11 is 0. The van der Waals surface area contributed by atoms with E-state index in [1.165, 1.54) is 0 Å². The first-order valence-electron chi connectivity index (χ1n) is 7.95. The lowest BCUT2D eigenvalue weighted by atomic mass is 9.94. The molecular formula is C17H18N2O4. The highest BCUT2D eigenvalue weighted by Crippen LogP contribution is 2.62. The molecule has 2 saturated carbocycles. The molecule has 1 heterocycles. The van der Waals surface area contributed by atoms with Gasteiger partial charge in [-0.2, -0.15) is 0 Å². The van der Waals surface area contributed by atoms with Crippen LogP contribution < -0.4 is 10.2 Å². The van der Waals surface area contributed by atoms with E-state index in [4.69, 9.17) is 5.11 Å². The zero-order valence-electron chi connectivity index (χ0n) is 12.6. The number of benzene rings is 1. The molecule has 2 fully saturated rings. The highest BCUT2D eigenvalue weighted by Gasteiger charge is 2.69. The highest BCUT2D eigenvalue weighted by molar-refractivity contribution is 6.14. The van der Waals surface area contributed by atoms with Crippen molar-refractivity contribution in [2.75, 3.05) is 18.0 Å². The Bertz CT molecular complexity index is 712. The Labute approximate surface area is 133 Å². The molecule has 2 aliphatic carbocycles. The number of amides is 2. The van der Waals surface area contributed by atoms with Crippen LogP contribution >= 0.6 is 0 Å². The second-order valence-electron chi connectivity index (χ2n) is 6.72. The first kappa shape index (κ1) is 14.2. The minimum absolute atomic E-state index is 0.000995. The van der Waals surface area contributed by atoms with Gasteiger partial charge in [-0.25, -0.2) is 0 Å². The number of carbonyl (C=O) groups is 3. The van der Waals surface area contributed by atoms with E-state index in [0.29, 0.717) is 12.3 Å². The van der Waals surface area contributed by atoms with Gasteiger partial charge in [0.05, 0.1) is 11.3 Å². The van der Waals surface area contributed by atoms with Crippen molar-refractivity contribution in [3.8, 4) is 0 Å². The van der Waals surface area contributed by atoms with Crippen molar-refractivity contribution in [2.24, 2.45) is 11.8 Å². The molecule has 2 atom stereocenters. The van der Waals surface area contributed by atoms with Gasteiger partial charge in [0.2, 0.25) is 11.8 Å². The number of carbonyl (C=O) groups excluding carboxylic acids is 2. The van der Waals surface area contributed by atoms with Crippen LogP contribution in [0.4, 0.5) is 5.69 Å². The molecule has 1 aromatic rings. The van der Waals surface area contributed by atoms with Gasteiger partial charge < -0.3 is 15.3 Å². The fourth-order valence-electron chi connectivity index (χ4n) is 3.69. The molecule has 0 bridgehead atoms. The third-order valence-electron chi connectivity index (χ3n) is 5.13. The first-order chi connectivity index (χ1) is 11.0. The smallest absolute Gasteiger partial charge is 0.322 e. The number of anilines is 1. The summed E-state index contributed by atoms with van der Waals surface area (Å²) in [6, 6.07) is 7.66. The number of carboxylic acids is 1. The van der Waals surface area contributed by atoms with Crippen molar-refractivity contribution >= 4 is 23.5 Å². The Morgan fingerprint density at radius 1 is 1.30 bits per heavy atom. The van der Waals surface area contributed by atoms with Crippen molar-refractivity contribution in [3.63, 3.8) is 0 Å². The van der Waals surface area contributed by atoms with Crippen LogP contribution in [0.25, 0.3) is 0 Å². The lowest BCUT2D eigenvalue weighted by Gasteiger charge is -2.17. The van der Waals surface area contributed by atoms with Gasteiger partial charge in [0.15, 0.2) is 0 Å². The van der Waals surface area contributed by atoms with Crippen LogP contribution in [-0.2, 0) is 19.8 Å². The van der Waals surface area contributed by atoms with Crippen LogP contribution in [0.1, 0.15) is 24.8 Å². The number of para-hydroxylation sites is 1. The summed E-state index contributed by atoms with van der Waals surface area (Å²) in [5.41, 5.74) is 1.06. The SMILES string of the molecule is O=C(O)CNC(=O)C1CC12C(=O)N(CC1CC1)c1ccccc12. The minimum Gasteiger partial charge on any atom is -0.480 e. The van der Waals surface area contributed by atoms with Gasteiger partial charge in [-0.15, -0.1) is 0 Å². The molecule has 0 radical (unpaired) electrons. The fourth-order valence-corrected chi connectivity index (χ4v) is 3.69. The summed E-state index contributed by atoms with van der Waals surface area (Å²) in [5.74, 6) is -1.31. The van der Waals surface area contributed by atoms with Crippen LogP contribution in [0, 0.1) is 11.8 Å². The van der Waals surface area contributed by atoms with Gasteiger partial charge >= 0.3 is 5.97 Å². The lowest BCUT2D eigenvalue weighted by Crippen LogP contribution is -2.38. The maximum atomic E-state index is 13.0. The van der Waals surface area contributed by atoms with Crippen molar-refractivity contribution in [3.05, 3.63) is 29.8 Å². The topological polar surface area (TPSA) is 86.7 Å². The number of rotatable bonds is 5. The van der Waals surface area contributed by atoms with Gasteiger partial charge in [-0.3, -0.25) is 14.4 Å². The molecule has 6 nitrogen and oxygen atoms in total. The van der Waals surface area contributed by atoms with E-state index in [9.17, 15) is 14.4 Å². The molecule has 120 valence electrons. The monoisotopic (exact) mass is 314 g/mol. The van der Waals surface area contributed by atoms with Gasteiger partial charge in [0, 0.05) is 12.2 Å². The Morgan fingerprint density at radius 3 is 2.74 bits per heavy atom. The second kappa shape index (κ2) is 4.81. The number of nitrogens with zero attached hydrogens (tertiary/aromatic N) is 1. The zero-order valence-corrected chi connectivity index (χ0v) is 12.6. The molecule has 23 heavy (non-hydrogen) atoms. The van der Waals surface area contributed by atoms with Gasteiger partial charge in [0.25, 0.3) is 0 Å². The predicted octanol–water partition coefficient (Wildman–Crippen LogP) is 0.902. The fraction of sp³-hybridized carbons (Fsp3) is 0.471. The van der Waals surface area contributed by atoms with Gasteiger partial charge in [-0.05, 0) is 36.8 Å². The average Bonchev–Trinajstić information content (AvgIpc) is 3.43. The second-order valence-corrected chi connectivity index (χ2v) is 6.72. The van der Waals surface area contributed by atoms with E-state index in [1.807, 2.05) is 29.2 Å². The molecular weight excluding hydrogens is 296 g/mol. The number of aliphatic carboxylic acids is 1. The molecule has 1 spiro atoms. The summed E-state index contributed by atoms with van der Waals surface area (Å²) in [4.78, 5) is 37.7. The number of nitrogens with one attached hydrogen (secondary N) is 1. The Hall–Kier alpha value is -2.37. The third-order valence-corrected chi connectivity index (χ3v) is 5.13. The van der Waals surface area contributed by atoms with Crippen LogP contribution in [0.3, 0.4) is 0 Å². The molecule has 1 aromatic carbocycles. The zero-order chi connectivity index (χ0) is 16.2. The highest BCUT2D eigenvalue weighted by atomic mass is 16.4. The largest absolute Gasteiger partial charge is 0.480 e. The van der Waals surface area contributed by atoms with E-state index in [0.717, 1.165) is 30.6 Å². The van der Waals surface area contributed by atoms with E-state index in [-0.39, 0.29) is 11.8 Å². The van der Waals surface area contributed by atoms with E-state index < -0.39 is 23.8 Å². The minimum atomic E-state index is -1.08. The number of hydrogen-bond acceptors (Lipinski definition) is 3. The normalized spacial score (nSPS) is 27.9. The summed E-state index contributed by atoms with van der Waals surface area (Å²) in [5, 5.41) is 11.1. The maximum Gasteiger partial charge on any atom is 0.322 e. The van der Waals surface area contributed by atoms with Crippen LogP contribution in [0.5, 0.6) is 0 Å². The van der Waals surface area contributed by atoms with Gasteiger partial charge in [-0.1, -0.05) is 18.2 Å². The molecule has 0 saturated heterocycles. The summed E-state index contributed by atoms with van der Waals surface area (Å²) in [6.45, 7) is 0.314. The molecule has 2 N–H and O–H groups in total. The van der Waals surface area contributed by atoms with E-state index in [1.54, 1.807) is 0 Å². The molecule has 4 rings (SSSR count). The Kier molecular flexibility index (Phi) is 2.98. The lowest BCUT2D eigenvalue weighted by molar-refractivity contribution is -0.138. The Morgan fingerprint density at radius 2 is 2.04 bits per heavy atom. The molecule has 1 aliphatic heterocycles. The molecule has 2 amide bonds. The van der Waals surface area contributed by atoms with E-state index in [2.05, 4.69) is 5.32 Å². The van der Waals surface area contributed by atoms with Crippen molar-refractivity contribution in [1.29, 1.82) is 0 Å². The van der Waals surface area contributed by atoms with Crippen LogP contribution in [-0.4, -0.2) is 36.0 Å². The number of fused-ring (bicyclic) bond motifs is 2. The van der Waals surface area contributed by atoms with Crippen molar-refractivity contribution in [2.45, 2.75) is 24.7 Å². The molecule has 0 aromatic heterocycles. The van der Waals surface area contributed by atoms with Crippen LogP contribution in [0.15, 0.2) is 24.3 Å². The number of hydrogen-bond donors (Lipinski definition) is 2. The standard InChI is InChI=1S/C17H18N2O4/c20-14(21)8-18-15(22)12-7-17(12)11-3-1-2-4-13(11)19(16(17)23)9-10-5-6-10/h1-4,10,12H,5-9H2,(H,18,22)(H,20,21). The predicted molar refractivity (Wildman–Crippen MR) is 81.9 cm³/mol. The number of carboxylic acid groups (broad SMARTS) is 1. The summed E-state index contributed by atoms with van der Waals surface area (Å²) in [7, 11) is 0. The maximum absolute atomic E-state index is 13.0. The van der Waals surface area contributed by atoms with Gasteiger partial charge in [0.1, 0.15) is 6.54 Å². The van der Waals surface area contributed by atoms with Crippen molar-refractivity contribution < 1.29 is 19.5 Å². The van der Waals surface area contributed by atoms with Crippen molar-refractivity contribution in [1.82, 2.24) is 5.32 Å². The molecule has 6 heteroatoms. The quantitative estimate of drug-likeness (QED) is 0.845. The Balaban J connectivity index is 1.61. The average molecular weight is 314 g/mol. The molecule has 3 aliphatic rings. The van der Waals surface area contributed by atoms with Crippen LogP contribution in [0.2, 0.25) is 0 Å². The third kappa shape index (κ3) is 2.12. The summed E-state index contributed by atoms with van der Waals surface area (Å²) < 4.78 is 0. The summed E-state index contributed by atoms with van der Waals surface area (Å²) in [6.07, 6.45) is 2.78.